The van der Waals surface area contributed by atoms with Gasteiger partial charge in [0.1, 0.15) is 0 Å². The Bertz CT molecular complexity index is 445. The van der Waals surface area contributed by atoms with Crippen LogP contribution in [-0.2, 0) is 0 Å². The zero-order valence-electron chi connectivity index (χ0n) is 8.71. The van der Waals surface area contributed by atoms with Gasteiger partial charge in [-0.2, -0.15) is 0 Å². The Kier molecular flexibility index (Phi) is 5.08. The van der Waals surface area contributed by atoms with Gasteiger partial charge in [0.25, 0.3) is 0 Å². The molecule has 2 rings (SSSR count). The highest BCUT2D eigenvalue weighted by molar-refractivity contribution is 5.79. The van der Waals surface area contributed by atoms with Crippen LogP contribution in [0.15, 0.2) is 54.9 Å². The second-order valence-electron chi connectivity index (χ2n) is 2.87. The van der Waals surface area contributed by atoms with E-state index in [1.807, 2.05) is 24.3 Å². The van der Waals surface area contributed by atoms with Crippen LogP contribution in [0.2, 0.25) is 0 Å². The largest absolute Gasteiger partial charge is 0.298 e. The van der Waals surface area contributed by atoms with Crippen molar-refractivity contribution in [2.45, 2.75) is 0 Å². The monoisotopic (exact) mass is 209 g/mol. The average Bonchev–Trinajstić information content (AvgIpc) is 2.41. The highest BCUT2D eigenvalue weighted by Gasteiger charge is 1.93. The Balaban J connectivity index is 0.000000181. The van der Waals surface area contributed by atoms with Crippen LogP contribution >= 0.6 is 0 Å². The minimum Gasteiger partial charge on any atom is -0.298 e. The normalized spacial score (nSPS) is 8.19. The number of terminal acetylenes is 1. The minimum atomic E-state index is 0.574. The Morgan fingerprint density at radius 2 is 1.75 bits per heavy atom. The van der Waals surface area contributed by atoms with Gasteiger partial charge in [-0.1, -0.05) is 30.2 Å². The van der Waals surface area contributed by atoms with Gasteiger partial charge in [-0.05, 0) is 18.2 Å². The van der Waals surface area contributed by atoms with Gasteiger partial charge in [-0.15, -0.1) is 6.42 Å². The number of aromatic nitrogens is 1. The molecule has 0 saturated carbocycles. The number of nitrogens with zero attached hydrogens (tertiary/aromatic N) is 1. The number of carbonyl (C=O) groups excluding carboxylic acids is 1. The fourth-order valence-corrected chi connectivity index (χ4v) is 1.04. The standard InChI is InChI=1S/C9H6O.C5H5N/c1-2-8-5-3-4-6-9(8)7-10;1-2-4-6-5-3-1/h1,3-7H;1-5H. The molecule has 0 atom stereocenters. The minimum absolute atomic E-state index is 0.574. The van der Waals surface area contributed by atoms with E-state index >= 15 is 0 Å². The third-order valence-electron chi connectivity index (χ3n) is 1.81. The van der Waals surface area contributed by atoms with Crippen molar-refractivity contribution in [2.24, 2.45) is 0 Å². The van der Waals surface area contributed by atoms with Gasteiger partial charge >= 0.3 is 0 Å². The molecule has 16 heavy (non-hydrogen) atoms. The summed E-state index contributed by atoms with van der Waals surface area (Å²) in [5.74, 6) is 2.42. The fraction of sp³-hybridized carbons (Fsp3) is 0. The summed E-state index contributed by atoms with van der Waals surface area (Å²) >= 11 is 0. The van der Waals surface area contributed by atoms with Crippen LogP contribution < -0.4 is 0 Å². The lowest BCUT2D eigenvalue weighted by Gasteiger charge is -1.91. The predicted octanol–water partition coefficient (Wildman–Crippen LogP) is 2.56. The molecule has 78 valence electrons. The molecule has 0 aliphatic carbocycles. The fourth-order valence-electron chi connectivity index (χ4n) is 1.04. The van der Waals surface area contributed by atoms with E-state index in [1.54, 1.807) is 30.6 Å². The predicted molar refractivity (Wildman–Crippen MR) is 64.0 cm³/mol. The first-order chi connectivity index (χ1) is 7.88. The maximum absolute atomic E-state index is 10.3. The van der Waals surface area contributed by atoms with Crippen molar-refractivity contribution < 1.29 is 4.79 Å². The van der Waals surface area contributed by atoms with Gasteiger partial charge < -0.3 is 0 Å². The summed E-state index contributed by atoms with van der Waals surface area (Å²) < 4.78 is 0. The lowest BCUT2D eigenvalue weighted by Crippen LogP contribution is -1.84. The van der Waals surface area contributed by atoms with E-state index in [2.05, 4.69) is 10.9 Å². The molecule has 0 aliphatic heterocycles. The molecule has 0 amide bonds. The first-order valence-electron chi connectivity index (χ1n) is 4.74. The van der Waals surface area contributed by atoms with Crippen molar-refractivity contribution in [3.05, 3.63) is 66.0 Å². The molecule has 0 unspecified atom stereocenters. The number of carbonyl (C=O) groups is 1. The second kappa shape index (κ2) is 6.97. The SMILES string of the molecule is C#Cc1ccccc1C=O.c1ccncc1. The van der Waals surface area contributed by atoms with Gasteiger partial charge in [0, 0.05) is 23.5 Å². The zero-order valence-corrected chi connectivity index (χ0v) is 8.71. The van der Waals surface area contributed by atoms with Crippen molar-refractivity contribution in [3.63, 3.8) is 0 Å². The third-order valence-corrected chi connectivity index (χ3v) is 1.81. The van der Waals surface area contributed by atoms with Gasteiger partial charge in [0.15, 0.2) is 6.29 Å². The molecule has 0 spiro atoms. The molecular formula is C14H11NO. The van der Waals surface area contributed by atoms with E-state index in [0.717, 1.165) is 6.29 Å². The summed E-state index contributed by atoms with van der Waals surface area (Å²) in [6, 6.07) is 12.7. The van der Waals surface area contributed by atoms with Crippen LogP contribution in [0, 0.1) is 12.3 Å². The molecule has 0 saturated heterocycles. The Labute approximate surface area is 95.0 Å². The summed E-state index contributed by atoms with van der Waals surface area (Å²) in [5.41, 5.74) is 1.22. The van der Waals surface area contributed by atoms with Crippen LogP contribution in [0.5, 0.6) is 0 Å². The van der Waals surface area contributed by atoms with E-state index < -0.39 is 0 Å². The molecule has 1 aromatic carbocycles. The Morgan fingerprint density at radius 3 is 2.12 bits per heavy atom. The van der Waals surface area contributed by atoms with Crippen LogP contribution in [-0.4, -0.2) is 11.3 Å². The summed E-state index contributed by atoms with van der Waals surface area (Å²) in [6.45, 7) is 0. The van der Waals surface area contributed by atoms with Crippen LogP contribution in [0.1, 0.15) is 15.9 Å². The van der Waals surface area contributed by atoms with Crippen molar-refractivity contribution in [1.29, 1.82) is 0 Å². The summed E-state index contributed by atoms with van der Waals surface area (Å²) in [5, 5.41) is 0. The molecule has 2 aromatic rings. The Morgan fingerprint density at radius 1 is 1.06 bits per heavy atom. The van der Waals surface area contributed by atoms with Gasteiger partial charge in [0.2, 0.25) is 0 Å². The van der Waals surface area contributed by atoms with Gasteiger partial charge in [-0.3, -0.25) is 9.78 Å². The van der Waals surface area contributed by atoms with E-state index in [1.165, 1.54) is 0 Å². The lowest BCUT2D eigenvalue weighted by atomic mass is 10.1. The molecule has 0 bridgehead atoms. The summed E-state index contributed by atoms with van der Waals surface area (Å²) in [6.07, 6.45) is 9.38. The quantitative estimate of drug-likeness (QED) is 0.533. The molecule has 0 N–H and O–H groups in total. The highest BCUT2D eigenvalue weighted by Crippen LogP contribution is 2.02. The molecule has 0 radical (unpaired) electrons. The lowest BCUT2D eigenvalue weighted by molar-refractivity contribution is 0.112. The van der Waals surface area contributed by atoms with Crippen molar-refractivity contribution >= 4 is 6.29 Å². The maximum atomic E-state index is 10.3. The topological polar surface area (TPSA) is 30.0 Å². The number of aldehydes is 1. The molecule has 0 aliphatic rings. The van der Waals surface area contributed by atoms with Crippen LogP contribution in [0.4, 0.5) is 0 Å². The first-order valence-corrected chi connectivity index (χ1v) is 4.74. The van der Waals surface area contributed by atoms with E-state index in [-0.39, 0.29) is 0 Å². The van der Waals surface area contributed by atoms with Gasteiger partial charge in [-0.25, -0.2) is 0 Å². The van der Waals surface area contributed by atoms with Crippen molar-refractivity contribution in [1.82, 2.24) is 4.98 Å². The van der Waals surface area contributed by atoms with E-state index in [0.29, 0.717) is 11.1 Å². The van der Waals surface area contributed by atoms with E-state index in [4.69, 9.17) is 6.42 Å². The third kappa shape index (κ3) is 3.77. The molecule has 0 fully saturated rings. The smallest absolute Gasteiger partial charge is 0.151 e. The van der Waals surface area contributed by atoms with Crippen LogP contribution in [0.25, 0.3) is 0 Å². The molecule has 2 heteroatoms. The maximum Gasteiger partial charge on any atom is 0.151 e. The molecular weight excluding hydrogens is 198 g/mol. The van der Waals surface area contributed by atoms with Crippen molar-refractivity contribution in [2.75, 3.05) is 0 Å². The number of pyridine rings is 1. The number of rotatable bonds is 1. The molecule has 2 nitrogen and oxygen atoms in total. The second-order valence-corrected chi connectivity index (χ2v) is 2.87. The molecule has 1 heterocycles. The Hall–Kier alpha value is -2.40. The van der Waals surface area contributed by atoms with Gasteiger partial charge in [0.05, 0.1) is 0 Å². The number of hydrogen-bond acceptors (Lipinski definition) is 2. The molecule has 1 aromatic heterocycles. The van der Waals surface area contributed by atoms with E-state index in [9.17, 15) is 4.79 Å². The number of benzene rings is 1. The van der Waals surface area contributed by atoms with Crippen LogP contribution in [0.3, 0.4) is 0 Å². The zero-order chi connectivity index (χ0) is 11.6. The van der Waals surface area contributed by atoms with Crippen molar-refractivity contribution in [3.8, 4) is 12.3 Å². The summed E-state index contributed by atoms with van der Waals surface area (Å²) in [4.78, 5) is 14.1. The average molecular weight is 209 g/mol. The number of hydrogen-bond donors (Lipinski definition) is 0. The summed E-state index contributed by atoms with van der Waals surface area (Å²) in [7, 11) is 0. The first kappa shape index (κ1) is 11.7. The highest BCUT2D eigenvalue weighted by atomic mass is 16.1.